The van der Waals surface area contributed by atoms with Crippen LogP contribution in [0, 0.1) is 0 Å². The van der Waals surface area contributed by atoms with Crippen LogP contribution in [-0.2, 0) is 22.7 Å². The highest BCUT2D eigenvalue weighted by Crippen LogP contribution is 2.17. The van der Waals surface area contributed by atoms with Gasteiger partial charge in [0.15, 0.2) is 0 Å². The number of likely N-dealkylation sites (tertiary alicyclic amines) is 1. The second kappa shape index (κ2) is 9.14. The Hall–Kier alpha value is -1.92. The predicted octanol–water partition coefficient (Wildman–Crippen LogP) is 1.32. The molecule has 1 atom stereocenters. The summed E-state index contributed by atoms with van der Waals surface area (Å²) in [7, 11) is 0. The van der Waals surface area contributed by atoms with E-state index in [1.54, 1.807) is 0 Å². The van der Waals surface area contributed by atoms with Gasteiger partial charge in [-0.25, -0.2) is 0 Å². The van der Waals surface area contributed by atoms with Crippen molar-refractivity contribution in [2.75, 3.05) is 13.1 Å². The quantitative estimate of drug-likeness (QED) is 0.715. The molecule has 0 spiro atoms. The minimum absolute atomic E-state index is 0.0203. The molecule has 0 aromatic heterocycles. The van der Waals surface area contributed by atoms with E-state index in [-0.39, 0.29) is 24.0 Å². The molecule has 26 heavy (non-hydrogen) atoms. The number of hydrogen-bond acceptors (Lipinski definition) is 4. The van der Waals surface area contributed by atoms with Crippen LogP contribution in [0.2, 0.25) is 0 Å². The molecule has 2 aliphatic heterocycles. The van der Waals surface area contributed by atoms with Gasteiger partial charge < -0.3 is 15.7 Å². The van der Waals surface area contributed by atoms with E-state index >= 15 is 0 Å². The third-order valence-electron chi connectivity index (χ3n) is 5.30. The number of piperidine rings is 2. The molecule has 142 valence electrons. The number of carbonyl (C=O) groups is 2. The largest absolute Gasteiger partial charge is 0.393 e. The van der Waals surface area contributed by atoms with Gasteiger partial charge >= 0.3 is 0 Å². The molecule has 0 bridgehead atoms. The van der Waals surface area contributed by atoms with E-state index in [0.29, 0.717) is 19.4 Å². The number of rotatable bonds is 6. The zero-order chi connectivity index (χ0) is 18.4. The number of hydrogen-bond donors (Lipinski definition) is 3. The molecule has 2 amide bonds. The molecule has 6 heteroatoms. The van der Waals surface area contributed by atoms with E-state index in [0.717, 1.165) is 50.9 Å². The first-order chi connectivity index (χ1) is 12.6. The van der Waals surface area contributed by atoms with Gasteiger partial charge in [0.2, 0.25) is 11.8 Å². The van der Waals surface area contributed by atoms with Crippen LogP contribution in [0.3, 0.4) is 0 Å². The maximum absolute atomic E-state index is 12.2. The van der Waals surface area contributed by atoms with Gasteiger partial charge in [-0.2, -0.15) is 0 Å². The summed E-state index contributed by atoms with van der Waals surface area (Å²) in [5.41, 5.74) is 2.34. The standard InChI is InChI=1S/C20H29N3O3/c24-18-8-10-23(11-9-18)14-16-5-2-1-4-15(16)13-21-20(26)12-17-6-3-7-19(25)22-17/h1-2,4-5,17-18,24H,3,6-14H2,(H,21,26)(H,22,25). The average Bonchev–Trinajstić information content (AvgIpc) is 2.63. The fourth-order valence-corrected chi connectivity index (χ4v) is 3.73. The third-order valence-corrected chi connectivity index (χ3v) is 5.30. The van der Waals surface area contributed by atoms with E-state index in [9.17, 15) is 14.7 Å². The highest BCUT2D eigenvalue weighted by Gasteiger charge is 2.21. The van der Waals surface area contributed by atoms with Crippen LogP contribution in [0.5, 0.6) is 0 Å². The summed E-state index contributed by atoms with van der Waals surface area (Å²) in [6, 6.07) is 8.14. The van der Waals surface area contributed by atoms with Crippen molar-refractivity contribution in [1.29, 1.82) is 0 Å². The molecule has 1 unspecified atom stereocenters. The van der Waals surface area contributed by atoms with E-state index < -0.39 is 0 Å². The lowest BCUT2D eigenvalue weighted by molar-refractivity contribution is -0.125. The van der Waals surface area contributed by atoms with E-state index in [2.05, 4.69) is 27.7 Å². The monoisotopic (exact) mass is 359 g/mol. The summed E-state index contributed by atoms with van der Waals surface area (Å²) in [6.45, 7) is 3.16. The Bertz CT molecular complexity index is 626. The summed E-state index contributed by atoms with van der Waals surface area (Å²) < 4.78 is 0. The molecule has 3 rings (SSSR count). The van der Waals surface area contributed by atoms with E-state index in [1.165, 1.54) is 5.56 Å². The molecule has 2 heterocycles. The summed E-state index contributed by atoms with van der Waals surface area (Å²) >= 11 is 0. The lowest BCUT2D eigenvalue weighted by Gasteiger charge is -2.30. The van der Waals surface area contributed by atoms with E-state index in [1.807, 2.05) is 12.1 Å². The van der Waals surface area contributed by atoms with Gasteiger partial charge in [0.25, 0.3) is 0 Å². The topological polar surface area (TPSA) is 81.7 Å². The minimum Gasteiger partial charge on any atom is -0.393 e. The minimum atomic E-state index is -0.166. The lowest BCUT2D eigenvalue weighted by Crippen LogP contribution is -2.42. The van der Waals surface area contributed by atoms with Crippen molar-refractivity contribution >= 4 is 11.8 Å². The maximum Gasteiger partial charge on any atom is 0.222 e. The molecule has 2 saturated heterocycles. The number of benzene rings is 1. The molecule has 0 radical (unpaired) electrons. The number of amides is 2. The van der Waals surface area contributed by atoms with Gasteiger partial charge in [0.1, 0.15) is 0 Å². The first-order valence-corrected chi connectivity index (χ1v) is 9.63. The van der Waals surface area contributed by atoms with Crippen molar-refractivity contribution in [3.63, 3.8) is 0 Å². The van der Waals surface area contributed by atoms with Crippen LogP contribution in [-0.4, -0.2) is 47.1 Å². The van der Waals surface area contributed by atoms with Crippen molar-refractivity contribution in [2.24, 2.45) is 0 Å². The normalized spacial score (nSPS) is 22.0. The Morgan fingerprint density at radius 3 is 2.65 bits per heavy atom. The zero-order valence-electron chi connectivity index (χ0n) is 15.2. The van der Waals surface area contributed by atoms with Gasteiger partial charge in [-0.15, -0.1) is 0 Å². The fourth-order valence-electron chi connectivity index (χ4n) is 3.73. The Morgan fingerprint density at radius 2 is 1.92 bits per heavy atom. The number of aliphatic hydroxyl groups excluding tert-OH is 1. The second-order valence-corrected chi connectivity index (χ2v) is 7.41. The molecule has 1 aromatic rings. The van der Waals surface area contributed by atoms with Crippen LogP contribution in [0.15, 0.2) is 24.3 Å². The second-order valence-electron chi connectivity index (χ2n) is 7.41. The Kier molecular flexibility index (Phi) is 6.63. The third kappa shape index (κ3) is 5.54. The first kappa shape index (κ1) is 18.9. The highest BCUT2D eigenvalue weighted by molar-refractivity contribution is 5.80. The van der Waals surface area contributed by atoms with Gasteiger partial charge in [-0.1, -0.05) is 24.3 Å². The summed E-state index contributed by atoms with van der Waals surface area (Å²) in [5.74, 6) is 0.0270. The van der Waals surface area contributed by atoms with Crippen LogP contribution in [0.4, 0.5) is 0 Å². The van der Waals surface area contributed by atoms with Crippen LogP contribution in [0.25, 0.3) is 0 Å². The zero-order valence-corrected chi connectivity index (χ0v) is 15.2. The SMILES string of the molecule is O=C(CC1CCCC(=O)N1)NCc1ccccc1CN1CCC(O)CC1. The Morgan fingerprint density at radius 1 is 1.19 bits per heavy atom. The highest BCUT2D eigenvalue weighted by atomic mass is 16.3. The van der Waals surface area contributed by atoms with Crippen molar-refractivity contribution in [2.45, 2.75) is 63.8 Å². The first-order valence-electron chi connectivity index (χ1n) is 9.63. The van der Waals surface area contributed by atoms with Gasteiger partial charge in [0, 0.05) is 45.1 Å². The van der Waals surface area contributed by atoms with Crippen molar-refractivity contribution < 1.29 is 14.7 Å². The smallest absolute Gasteiger partial charge is 0.222 e. The Balaban J connectivity index is 1.49. The predicted molar refractivity (Wildman–Crippen MR) is 99.2 cm³/mol. The molecule has 0 aliphatic carbocycles. The lowest BCUT2D eigenvalue weighted by atomic mass is 10.0. The number of aliphatic hydroxyl groups is 1. The summed E-state index contributed by atoms with van der Waals surface area (Å²) in [6.07, 6.45) is 4.13. The molecular formula is C20H29N3O3. The van der Waals surface area contributed by atoms with Crippen molar-refractivity contribution in [1.82, 2.24) is 15.5 Å². The average molecular weight is 359 g/mol. The molecule has 1 aromatic carbocycles. The molecule has 2 aliphatic rings. The van der Waals surface area contributed by atoms with Crippen molar-refractivity contribution in [3.05, 3.63) is 35.4 Å². The molecule has 6 nitrogen and oxygen atoms in total. The molecule has 0 saturated carbocycles. The molecular weight excluding hydrogens is 330 g/mol. The maximum atomic E-state index is 12.2. The van der Waals surface area contributed by atoms with Gasteiger partial charge in [-0.3, -0.25) is 14.5 Å². The van der Waals surface area contributed by atoms with Gasteiger partial charge in [-0.05, 0) is 36.8 Å². The van der Waals surface area contributed by atoms with Crippen LogP contribution >= 0.6 is 0 Å². The number of nitrogens with zero attached hydrogens (tertiary/aromatic N) is 1. The van der Waals surface area contributed by atoms with Crippen LogP contribution in [0.1, 0.15) is 49.7 Å². The number of carbonyl (C=O) groups excluding carboxylic acids is 2. The fraction of sp³-hybridized carbons (Fsp3) is 0.600. The van der Waals surface area contributed by atoms with Crippen LogP contribution < -0.4 is 10.6 Å². The summed E-state index contributed by atoms with van der Waals surface area (Å²) in [5, 5.41) is 15.5. The molecule has 2 fully saturated rings. The van der Waals surface area contributed by atoms with Crippen molar-refractivity contribution in [3.8, 4) is 0 Å². The molecule has 3 N–H and O–H groups in total. The number of nitrogens with one attached hydrogen (secondary N) is 2. The Labute approximate surface area is 155 Å². The van der Waals surface area contributed by atoms with Gasteiger partial charge in [0.05, 0.1) is 6.10 Å². The summed E-state index contributed by atoms with van der Waals surface area (Å²) in [4.78, 5) is 26.0. The van der Waals surface area contributed by atoms with E-state index in [4.69, 9.17) is 0 Å².